The number of rotatable bonds is 3. The van der Waals surface area contributed by atoms with Gasteiger partial charge in [-0.25, -0.2) is 0 Å². The van der Waals surface area contributed by atoms with Crippen molar-refractivity contribution in [1.82, 2.24) is 0 Å². The normalized spacial score (nSPS) is 14.6. The van der Waals surface area contributed by atoms with E-state index in [-0.39, 0.29) is 5.41 Å². The van der Waals surface area contributed by atoms with Gasteiger partial charge < -0.3 is 4.74 Å². The van der Waals surface area contributed by atoms with Gasteiger partial charge in [0.15, 0.2) is 0 Å². The van der Waals surface area contributed by atoms with Gasteiger partial charge in [-0.05, 0) is 22.2 Å². The maximum Gasteiger partial charge on any atom is 0.0514 e. The van der Waals surface area contributed by atoms with Crippen LogP contribution >= 0.6 is 0 Å². The van der Waals surface area contributed by atoms with Gasteiger partial charge in [-0.15, -0.1) is 0 Å². The van der Waals surface area contributed by atoms with Gasteiger partial charge in [0.1, 0.15) is 0 Å². The van der Waals surface area contributed by atoms with Gasteiger partial charge in [-0.2, -0.15) is 0 Å². The third-order valence-corrected chi connectivity index (χ3v) is 2.91. The van der Waals surface area contributed by atoms with Crippen molar-refractivity contribution in [3.63, 3.8) is 0 Å². The smallest absolute Gasteiger partial charge is 0.0514 e. The van der Waals surface area contributed by atoms with Crippen molar-refractivity contribution in [2.75, 3.05) is 13.2 Å². The SMILES string of the molecule is CC(C)(C)COCC(C(C)(C)C)C(C)(C)C. The summed E-state index contributed by atoms with van der Waals surface area (Å²) in [5.74, 6) is 0.586. The molecule has 0 aromatic rings. The van der Waals surface area contributed by atoms with Crippen molar-refractivity contribution >= 4 is 0 Å². The third kappa shape index (κ3) is 6.52. The Kier molecular flexibility index (Phi) is 5.07. The first-order valence-corrected chi connectivity index (χ1v) is 6.42. The second kappa shape index (κ2) is 5.08. The molecule has 0 aliphatic carbocycles. The van der Waals surface area contributed by atoms with E-state index < -0.39 is 0 Å². The Morgan fingerprint density at radius 2 is 1.12 bits per heavy atom. The van der Waals surface area contributed by atoms with Gasteiger partial charge in [0.25, 0.3) is 0 Å². The summed E-state index contributed by atoms with van der Waals surface area (Å²) in [5, 5.41) is 0. The molecule has 0 radical (unpaired) electrons. The second-order valence-electron chi connectivity index (χ2n) is 8.36. The molecule has 0 atom stereocenters. The molecule has 0 aromatic heterocycles. The van der Waals surface area contributed by atoms with Crippen LogP contribution in [-0.4, -0.2) is 13.2 Å². The Balaban J connectivity index is 4.38. The van der Waals surface area contributed by atoms with Crippen LogP contribution in [0, 0.1) is 22.2 Å². The minimum Gasteiger partial charge on any atom is -0.381 e. The van der Waals surface area contributed by atoms with Crippen molar-refractivity contribution in [2.24, 2.45) is 22.2 Å². The van der Waals surface area contributed by atoms with E-state index in [9.17, 15) is 0 Å². The van der Waals surface area contributed by atoms with Crippen molar-refractivity contribution in [2.45, 2.75) is 62.3 Å². The molecule has 0 saturated heterocycles. The molecular formula is C15H32O. The van der Waals surface area contributed by atoms with E-state index in [0.29, 0.717) is 16.7 Å². The molecule has 0 aliphatic rings. The van der Waals surface area contributed by atoms with Crippen molar-refractivity contribution in [1.29, 1.82) is 0 Å². The van der Waals surface area contributed by atoms with E-state index in [0.717, 1.165) is 13.2 Å². The summed E-state index contributed by atoms with van der Waals surface area (Å²) in [5.41, 5.74) is 0.868. The van der Waals surface area contributed by atoms with E-state index in [2.05, 4.69) is 62.3 Å². The molecule has 0 amide bonds. The Morgan fingerprint density at radius 3 is 1.38 bits per heavy atom. The van der Waals surface area contributed by atoms with E-state index in [1.165, 1.54) is 0 Å². The summed E-state index contributed by atoms with van der Waals surface area (Å²) in [6.07, 6.45) is 0. The van der Waals surface area contributed by atoms with Crippen LogP contribution in [0.4, 0.5) is 0 Å². The van der Waals surface area contributed by atoms with Crippen LogP contribution < -0.4 is 0 Å². The standard InChI is InChI=1S/C15H32O/c1-13(2,3)11-16-10-12(14(4,5)6)15(7,8)9/h12H,10-11H2,1-9H3. The van der Waals surface area contributed by atoms with Crippen molar-refractivity contribution in [3.8, 4) is 0 Å². The summed E-state index contributed by atoms with van der Waals surface area (Å²) < 4.78 is 5.91. The van der Waals surface area contributed by atoms with Gasteiger partial charge in [0, 0.05) is 0 Å². The highest BCUT2D eigenvalue weighted by atomic mass is 16.5. The molecule has 0 spiro atoms. The molecule has 16 heavy (non-hydrogen) atoms. The van der Waals surface area contributed by atoms with Crippen LogP contribution in [0.25, 0.3) is 0 Å². The zero-order chi connectivity index (χ0) is 13.2. The molecule has 98 valence electrons. The topological polar surface area (TPSA) is 9.23 Å². The molecule has 0 unspecified atom stereocenters. The Labute approximate surface area is 103 Å². The minimum atomic E-state index is 0.264. The van der Waals surface area contributed by atoms with Crippen LogP contribution in [0.5, 0.6) is 0 Å². The van der Waals surface area contributed by atoms with Gasteiger partial charge in [-0.3, -0.25) is 0 Å². The molecule has 0 heterocycles. The zero-order valence-electron chi connectivity index (χ0n) is 12.9. The molecule has 1 heteroatoms. The second-order valence-corrected chi connectivity index (χ2v) is 8.36. The van der Waals surface area contributed by atoms with Gasteiger partial charge in [0.2, 0.25) is 0 Å². The highest BCUT2D eigenvalue weighted by Gasteiger charge is 2.35. The fourth-order valence-corrected chi connectivity index (χ4v) is 2.28. The lowest BCUT2D eigenvalue weighted by Gasteiger charge is -2.41. The molecule has 0 saturated carbocycles. The number of hydrogen-bond acceptors (Lipinski definition) is 1. The average molecular weight is 228 g/mol. The van der Waals surface area contributed by atoms with Crippen LogP contribution in [0.2, 0.25) is 0 Å². The Bertz CT molecular complexity index is 183. The summed E-state index contributed by atoms with van der Waals surface area (Å²) >= 11 is 0. The van der Waals surface area contributed by atoms with E-state index >= 15 is 0 Å². The van der Waals surface area contributed by atoms with E-state index in [1.54, 1.807) is 0 Å². The minimum absolute atomic E-state index is 0.264. The van der Waals surface area contributed by atoms with Crippen molar-refractivity contribution in [3.05, 3.63) is 0 Å². The summed E-state index contributed by atoms with van der Waals surface area (Å²) in [4.78, 5) is 0. The van der Waals surface area contributed by atoms with Gasteiger partial charge in [0.05, 0.1) is 13.2 Å². The van der Waals surface area contributed by atoms with Gasteiger partial charge >= 0.3 is 0 Å². The molecule has 0 fully saturated rings. The van der Waals surface area contributed by atoms with Crippen molar-refractivity contribution < 1.29 is 4.74 Å². The average Bonchev–Trinajstić information content (AvgIpc) is 1.90. The highest BCUT2D eigenvalue weighted by molar-refractivity contribution is 4.83. The lowest BCUT2D eigenvalue weighted by atomic mass is 9.67. The highest BCUT2D eigenvalue weighted by Crippen LogP contribution is 2.40. The quantitative estimate of drug-likeness (QED) is 0.677. The maximum atomic E-state index is 5.91. The van der Waals surface area contributed by atoms with E-state index in [1.807, 2.05) is 0 Å². The largest absolute Gasteiger partial charge is 0.381 e. The summed E-state index contributed by atoms with van der Waals surface area (Å²) in [7, 11) is 0. The maximum absolute atomic E-state index is 5.91. The molecule has 0 N–H and O–H groups in total. The monoisotopic (exact) mass is 228 g/mol. The van der Waals surface area contributed by atoms with E-state index in [4.69, 9.17) is 4.74 Å². The Hall–Kier alpha value is -0.0400. The molecule has 0 aromatic carbocycles. The predicted octanol–water partition coefficient (Wildman–Crippen LogP) is 4.76. The van der Waals surface area contributed by atoms with Crippen LogP contribution in [0.15, 0.2) is 0 Å². The predicted molar refractivity (Wildman–Crippen MR) is 72.7 cm³/mol. The van der Waals surface area contributed by atoms with Crippen LogP contribution in [0.1, 0.15) is 62.3 Å². The molecule has 0 bridgehead atoms. The third-order valence-electron chi connectivity index (χ3n) is 2.91. The first-order valence-electron chi connectivity index (χ1n) is 6.42. The molecule has 0 rings (SSSR count). The summed E-state index contributed by atoms with van der Waals surface area (Å²) in [6.45, 7) is 22.2. The molecule has 1 nitrogen and oxygen atoms in total. The number of ether oxygens (including phenoxy) is 1. The Morgan fingerprint density at radius 1 is 0.750 bits per heavy atom. The zero-order valence-corrected chi connectivity index (χ0v) is 12.9. The van der Waals surface area contributed by atoms with Crippen LogP contribution in [0.3, 0.4) is 0 Å². The lowest BCUT2D eigenvalue weighted by Crippen LogP contribution is -2.37. The fraction of sp³-hybridized carbons (Fsp3) is 1.00. The van der Waals surface area contributed by atoms with Crippen LogP contribution in [-0.2, 0) is 4.74 Å². The molecular weight excluding hydrogens is 196 g/mol. The molecule has 0 aliphatic heterocycles. The summed E-state index contributed by atoms with van der Waals surface area (Å²) in [6, 6.07) is 0. The first kappa shape index (κ1) is 16.0. The first-order chi connectivity index (χ1) is 6.84. The number of hydrogen-bond donors (Lipinski definition) is 0. The van der Waals surface area contributed by atoms with Gasteiger partial charge in [-0.1, -0.05) is 62.3 Å². The fourth-order valence-electron chi connectivity index (χ4n) is 2.28. The lowest BCUT2D eigenvalue weighted by molar-refractivity contribution is -0.0234.